The van der Waals surface area contributed by atoms with Gasteiger partial charge in [-0.25, -0.2) is 13.1 Å². The molecule has 248 valence electrons. The highest BCUT2D eigenvalue weighted by atomic mass is 32.2. The van der Waals surface area contributed by atoms with Gasteiger partial charge in [0, 0.05) is 0 Å². The fraction of sp³-hybridized carbons (Fsp3) is 0.419. The first-order valence-corrected chi connectivity index (χ1v) is 21.5. The molecule has 0 aliphatic carbocycles. The average molecular weight is 698 g/mol. The van der Waals surface area contributed by atoms with Gasteiger partial charge in [0.25, 0.3) is 20.2 Å². The summed E-state index contributed by atoms with van der Waals surface area (Å²) in [5.41, 5.74) is 2.53. The van der Waals surface area contributed by atoms with Crippen LogP contribution in [0.1, 0.15) is 37.5 Å². The molecule has 0 aromatic heterocycles. The molecule has 45 heavy (non-hydrogen) atoms. The number of nitrogens with one attached hydrogen (secondary N) is 1. The van der Waals surface area contributed by atoms with Gasteiger partial charge in [-0.15, -0.1) is 0 Å². The van der Waals surface area contributed by atoms with Crippen molar-refractivity contribution in [2.45, 2.75) is 86.5 Å². The zero-order valence-electron chi connectivity index (χ0n) is 26.9. The number of benzene rings is 3. The highest BCUT2D eigenvalue weighted by Crippen LogP contribution is 2.38. The molecule has 0 fully saturated rings. The molecule has 10 nitrogen and oxygen atoms in total. The molecule has 0 unspecified atom stereocenters. The van der Waals surface area contributed by atoms with Crippen LogP contribution in [0.3, 0.4) is 0 Å². The molecule has 1 N–H and O–H groups in total. The smallest absolute Gasteiger partial charge is 0.297 e. The predicted octanol–water partition coefficient (Wildman–Crippen LogP) is 5.46. The Labute approximate surface area is 269 Å². The van der Waals surface area contributed by atoms with Gasteiger partial charge in [-0.3, -0.25) is 8.37 Å². The quantitative estimate of drug-likeness (QED) is 0.172. The van der Waals surface area contributed by atoms with Crippen LogP contribution in [0.15, 0.2) is 87.5 Å². The Kier molecular flexibility index (Phi) is 11.6. The molecule has 3 aromatic carbocycles. The maximum atomic E-state index is 13.6. The summed E-state index contributed by atoms with van der Waals surface area (Å²) < 4.78 is 99.8. The zero-order valence-corrected chi connectivity index (χ0v) is 30.3. The normalized spacial score (nSPS) is 14.7. The molecule has 0 bridgehead atoms. The Bertz CT molecular complexity index is 1770. The molecular formula is C31H43NO9S3Si. The van der Waals surface area contributed by atoms with E-state index in [1.165, 1.54) is 36.4 Å². The van der Waals surface area contributed by atoms with Crippen molar-refractivity contribution in [3.05, 3.63) is 89.5 Å². The van der Waals surface area contributed by atoms with Gasteiger partial charge in [0.05, 0.1) is 40.0 Å². The van der Waals surface area contributed by atoms with Crippen LogP contribution >= 0.6 is 0 Å². The molecular weight excluding hydrogens is 655 g/mol. The first-order chi connectivity index (χ1) is 20.6. The lowest BCUT2D eigenvalue weighted by Gasteiger charge is -2.41. The van der Waals surface area contributed by atoms with E-state index in [1.54, 1.807) is 43.3 Å². The molecule has 0 heterocycles. The van der Waals surface area contributed by atoms with Crippen LogP contribution in [-0.4, -0.2) is 58.9 Å². The second-order valence-corrected chi connectivity index (χ2v) is 22.3. The van der Waals surface area contributed by atoms with Crippen molar-refractivity contribution in [3.8, 4) is 0 Å². The van der Waals surface area contributed by atoms with Gasteiger partial charge in [0.1, 0.15) is 0 Å². The van der Waals surface area contributed by atoms with Crippen molar-refractivity contribution in [1.82, 2.24) is 4.72 Å². The summed E-state index contributed by atoms with van der Waals surface area (Å²) in [6.45, 7) is 13.8. The van der Waals surface area contributed by atoms with Gasteiger partial charge in [-0.1, -0.05) is 73.9 Å². The lowest BCUT2D eigenvalue weighted by molar-refractivity contribution is 0.0737. The third-order valence-corrected chi connectivity index (χ3v) is 16.4. The summed E-state index contributed by atoms with van der Waals surface area (Å²) in [6, 6.07) is 16.8. The standard InChI is InChI=1S/C31H43NO9S3Si/c1-23-9-15-26(16-10-23)42(33,34)32-29(21-39-43(35,36)27-17-11-24(2)12-18-27)30(41-45(7,8)31(4,5)6)22-40-44(37,38)28-19-13-25(3)14-20-28/h9-20,29-30,32H,21-22H2,1-8H3/t29-,30-/m0/s1. The first-order valence-electron chi connectivity index (χ1n) is 14.3. The molecule has 3 aromatic rings. The Morgan fingerprint density at radius 2 is 0.978 bits per heavy atom. The zero-order chi connectivity index (χ0) is 33.8. The number of aryl methyl sites for hydroxylation is 3. The second-order valence-electron chi connectivity index (χ2n) is 12.6. The maximum Gasteiger partial charge on any atom is 0.297 e. The van der Waals surface area contributed by atoms with Gasteiger partial charge in [-0.2, -0.15) is 16.8 Å². The van der Waals surface area contributed by atoms with Gasteiger partial charge < -0.3 is 4.43 Å². The summed E-state index contributed by atoms with van der Waals surface area (Å²) in [4.78, 5) is -0.277. The molecule has 0 spiro atoms. The van der Waals surface area contributed by atoms with E-state index in [9.17, 15) is 25.3 Å². The molecule has 2 atom stereocenters. The fourth-order valence-electron chi connectivity index (χ4n) is 3.85. The summed E-state index contributed by atoms with van der Waals surface area (Å²) in [5.74, 6) is 0. The van der Waals surface area contributed by atoms with Crippen LogP contribution in [0.4, 0.5) is 0 Å². The Balaban J connectivity index is 2.05. The van der Waals surface area contributed by atoms with Crippen molar-refractivity contribution in [2.75, 3.05) is 13.2 Å². The second kappa shape index (κ2) is 14.1. The third kappa shape index (κ3) is 10.0. The van der Waals surface area contributed by atoms with Gasteiger partial charge >= 0.3 is 0 Å². The first kappa shape index (κ1) is 37.0. The van der Waals surface area contributed by atoms with Crippen molar-refractivity contribution >= 4 is 38.6 Å². The Hall–Kier alpha value is -2.43. The lowest BCUT2D eigenvalue weighted by Crippen LogP contribution is -2.55. The SMILES string of the molecule is Cc1ccc(S(=O)(=O)N[C@@H](COS(=O)(=O)c2ccc(C)cc2)[C@H](COS(=O)(=O)c2ccc(C)cc2)O[Si](C)(C)C(C)(C)C)cc1. The molecule has 0 saturated carbocycles. The molecule has 0 aliphatic rings. The molecule has 0 aliphatic heterocycles. The van der Waals surface area contributed by atoms with E-state index >= 15 is 0 Å². The van der Waals surface area contributed by atoms with Gasteiger partial charge in [0.15, 0.2) is 8.32 Å². The van der Waals surface area contributed by atoms with Crippen LogP contribution in [-0.2, 0) is 43.1 Å². The number of sulfonamides is 1. The van der Waals surface area contributed by atoms with E-state index < -0.39 is 63.9 Å². The van der Waals surface area contributed by atoms with E-state index in [2.05, 4.69) is 4.72 Å². The van der Waals surface area contributed by atoms with Crippen molar-refractivity contribution in [3.63, 3.8) is 0 Å². The van der Waals surface area contributed by atoms with Gasteiger partial charge in [0.2, 0.25) is 10.0 Å². The van der Waals surface area contributed by atoms with Crippen LogP contribution in [0.2, 0.25) is 18.1 Å². The van der Waals surface area contributed by atoms with E-state index in [-0.39, 0.29) is 19.7 Å². The molecule has 14 heteroatoms. The molecule has 0 saturated heterocycles. The summed E-state index contributed by atoms with van der Waals surface area (Å²) in [7, 11) is -15.6. The minimum atomic E-state index is -4.33. The number of hydrogen-bond donors (Lipinski definition) is 1. The minimum absolute atomic E-state index is 0.0706. The molecule has 0 radical (unpaired) electrons. The fourth-order valence-corrected chi connectivity index (χ4v) is 8.30. The topological polar surface area (TPSA) is 142 Å². The monoisotopic (exact) mass is 697 g/mol. The lowest BCUT2D eigenvalue weighted by atomic mass is 10.2. The van der Waals surface area contributed by atoms with Crippen LogP contribution in [0.25, 0.3) is 0 Å². The van der Waals surface area contributed by atoms with E-state index in [1.807, 2.05) is 47.7 Å². The summed E-state index contributed by atoms with van der Waals surface area (Å²) in [5, 5.41) is -0.379. The molecule has 3 rings (SSSR count). The average Bonchev–Trinajstić information content (AvgIpc) is 2.93. The summed E-state index contributed by atoms with van der Waals surface area (Å²) >= 11 is 0. The number of hydrogen-bond acceptors (Lipinski definition) is 9. The summed E-state index contributed by atoms with van der Waals surface area (Å²) in [6.07, 6.45) is -1.26. The highest BCUT2D eigenvalue weighted by Gasteiger charge is 2.42. The Morgan fingerprint density at radius 3 is 1.36 bits per heavy atom. The minimum Gasteiger partial charge on any atom is -0.410 e. The van der Waals surface area contributed by atoms with E-state index in [0.29, 0.717) is 0 Å². The molecule has 0 amide bonds. The van der Waals surface area contributed by atoms with Crippen molar-refractivity contribution < 1.29 is 38.0 Å². The van der Waals surface area contributed by atoms with Gasteiger partial charge in [-0.05, 0) is 75.3 Å². The largest absolute Gasteiger partial charge is 0.410 e. The maximum absolute atomic E-state index is 13.6. The predicted molar refractivity (Wildman–Crippen MR) is 176 cm³/mol. The van der Waals surface area contributed by atoms with Crippen LogP contribution in [0.5, 0.6) is 0 Å². The van der Waals surface area contributed by atoms with Crippen molar-refractivity contribution in [1.29, 1.82) is 0 Å². The third-order valence-electron chi connectivity index (χ3n) is 7.75. The number of rotatable bonds is 14. The highest BCUT2D eigenvalue weighted by molar-refractivity contribution is 7.89. The van der Waals surface area contributed by atoms with Crippen LogP contribution in [0, 0.1) is 20.8 Å². The van der Waals surface area contributed by atoms with E-state index in [4.69, 9.17) is 12.8 Å². The van der Waals surface area contributed by atoms with E-state index in [0.717, 1.165) is 16.7 Å². The van der Waals surface area contributed by atoms with Crippen LogP contribution < -0.4 is 4.72 Å². The van der Waals surface area contributed by atoms with Crippen molar-refractivity contribution in [2.24, 2.45) is 0 Å². The Morgan fingerprint density at radius 1 is 0.622 bits per heavy atom.